The lowest BCUT2D eigenvalue weighted by atomic mass is 10.0. The summed E-state index contributed by atoms with van der Waals surface area (Å²) < 4.78 is 9.89. The van der Waals surface area contributed by atoms with E-state index in [0.29, 0.717) is 5.88 Å². The highest BCUT2D eigenvalue weighted by atomic mass is 16.5. The van der Waals surface area contributed by atoms with E-state index >= 15 is 0 Å². The predicted octanol–water partition coefficient (Wildman–Crippen LogP) is -0.631. The van der Waals surface area contributed by atoms with E-state index in [2.05, 4.69) is 4.98 Å². The monoisotopic (exact) mass is 256 g/mol. The number of pyridine rings is 1. The highest BCUT2D eigenvalue weighted by Crippen LogP contribution is 2.28. The summed E-state index contributed by atoms with van der Waals surface area (Å²) in [6.07, 6.45) is -2.98. The summed E-state index contributed by atoms with van der Waals surface area (Å²) in [6.45, 7) is 0. The van der Waals surface area contributed by atoms with Gasteiger partial charge in [-0.2, -0.15) is 4.98 Å². The number of carbonyl (C=O) groups excluding carboxylic acids is 1. The van der Waals surface area contributed by atoms with Crippen LogP contribution in [0.4, 0.5) is 0 Å². The Morgan fingerprint density at radius 2 is 2.06 bits per heavy atom. The summed E-state index contributed by atoms with van der Waals surface area (Å²) in [4.78, 5) is 14.6. The Bertz CT molecular complexity index is 424. The van der Waals surface area contributed by atoms with Crippen molar-refractivity contribution in [2.24, 2.45) is 5.73 Å². The first kappa shape index (κ1) is 14.2. The standard InChI is InChI=1S/C11H16N2O5/c1-17-9-4-3-6(11(13-9)18-2)10(16)7(14)5-8(12)15/h3-4,7,10,14,16H,5H2,1-2H3,(H2,12,15). The Labute approximate surface area is 104 Å². The first-order chi connectivity index (χ1) is 8.49. The number of rotatable bonds is 6. The van der Waals surface area contributed by atoms with E-state index in [1.807, 2.05) is 0 Å². The molecule has 100 valence electrons. The Morgan fingerprint density at radius 1 is 1.39 bits per heavy atom. The lowest BCUT2D eigenvalue weighted by molar-refractivity contribution is -0.121. The maximum Gasteiger partial charge on any atom is 0.222 e. The Hall–Kier alpha value is -1.86. The van der Waals surface area contributed by atoms with Crippen LogP contribution in [0.25, 0.3) is 0 Å². The molecule has 0 aliphatic carbocycles. The Balaban J connectivity index is 2.97. The summed E-state index contributed by atoms with van der Waals surface area (Å²) >= 11 is 0. The van der Waals surface area contributed by atoms with E-state index in [4.69, 9.17) is 15.2 Å². The number of aromatic nitrogens is 1. The maximum absolute atomic E-state index is 10.7. The minimum atomic E-state index is -1.31. The van der Waals surface area contributed by atoms with Crippen LogP contribution in [0.3, 0.4) is 0 Å². The van der Waals surface area contributed by atoms with Gasteiger partial charge in [-0.3, -0.25) is 4.79 Å². The molecule has 4 N–H and O–H groups in total. The van der Waals surface area contributed by atoms with Crippen molar-refractivity contribution in [1.29, 1.82) is 0 Å². The summed E-state index contributed by atoms with van der Waals surface area (Å²) in [7, 11) is 2.82. The number of nitrogens with two attached hydrogens (primary N) is 1. The van der Waals surface area contributed by atoms with Gasteiger partial charge in [-0.15, -0.1) is 0 Å². The SMILES string of the molecule is COc1ccc(C(O)C(O)CC(N)=O)c(OC)n1. The van der Waals surface area contributed by atoms with E-state index in [0.717, 1.165) is 0 Å². The lowest BCUT2D eigenvalue weighted by Crippen LogP contribution is -2.26. The molecule has 1 aromatic rings. The van der Waals surface area contributed by atoms with Gasteiger partial charge in [-0.1, -0.05) is 0 Å². The zero-order chi connectivity index (χ0) is 13.7. The molecule has 2 unspecified atom stereocenters. The number of aliphatic hydroxyl groups is 2. The number of methoxy groups -OCH3 is 2. The molecular weight excluding hydrogens is 240 g/mol. The highest BCUT2D eigenvalue weighted by molar-refractivity contribution is 5.74. The first-order valence-electron chi connectivity index (χ1n) is 5.23. The van der Waals surface area contributed by atoms with Gasteiger partial charge in [-0.25, -0.2) is 0 Å². The van der Waals surface area contributed by atoms with Crippen LogP contribution in [0.2, 0.25) is 0 Å². The second-order valence-corrected chi connectivity index (χ2v) is 3.63. The number of primary amides is 1. The third-order valence-corrected chi connectivity index (χ3v) is 2.36. The topological polar surface area (TPSA) is 115 Å². The Kier molecular flexibility index (Phi) is 4.87. The second-order valence-electron chi connectivity index (χ2n) is 3.63. The van der Waals surface area contributed by atoms with Gasteiger partial charge < -0.3 is 25.4 Å². The van der Waals surface area contributed by atoms with Gasteiger partial charge >= 0.3 is 0 Å². The lowest BCUT2D eigenvalue weighted by Gasteiger charge is -2.18. The fourth-order valence-electron chi connectivity index (χ4n) is 1.46. The van der Waals surface area contributed by atoms with Crippen LogP contribution >= 0.6 is 0 Å². The van der Waals surface area contributed by atoms with Crippen LogP contribution in [-0.4, -0.2) is 41.4 Å². The molecule has 0 saturated carbocycles. The van der Waals surface area contributed by atoms with E-state index in [9.17, 15) is 15.0 Å². The number of amides is 1. The zero-order valence-electron chi connectivity index (χ0n) is 10.2. The van der Waals surface area contributed by atoms with Crippen LogP contribution in [-0.2, 0) is 4.79 Å². The second kappa shape index (κ2) is 6.18. The van der Waals surface area contributed by atoms with Gasteiger partial charge in [0, 0.05) is 11.6 Å². The van der Waals surface area contributed by atoms with Crippen LogP contribution in [0.5, 0.6) is 11.8 Å². The van der Waals surface area contributed by atoms with Gasteiger partial charge in [0.15, 0.2) is 0 Å². The van der Waals surface area contributed by atoms with Gasteiger partial charge in [0.25, 0.3) is 0 Å². The molecule has 1 heterocycles. The van der Waals surface area contributed by atoms with Gasteiger partial charge in [0.2, 0.25) is 17.7 Å². The predicted molar refractivity (Wildman–Crippen MR) is 62.1 cm³/mol. The van der Waals surface area contributed by atoms with Crippen molar-refractivity contribution in [2.45, 2.75) is 18.6 Å². The molecule has 18 heavy (non-hydrogen) atoms. The molecule has 0 spiro atoms. The number of ether oxygens (including phenoxy) is 2. The minimum Gasteiger partial charge on any atom is -0.481 e. The molecule has 0 radical (unpaired) electrons. The average Bonchev–Trinajstić information content (AvgIpc) is 2.36. The molecule has 0 aliphatic rings. The molecular formula is C11H16N2O5. The van der Waals surface area contributed by atoms with Crippen molar-refractivity contribution in [3.05, 3.63) is 17.7 Å². The number of hydrogen-bond acceptors (Lipinski definition) is 6. The van der Waals surface area contributed by atoms with E-state index < -0.39 is 18.1 Å². The molecule has 1 amide bonds. The first-order valence-corrected chi connectivity index (χ1v) is 5.23. The third kappa shape index (κ3) is 3.31. The smallest absolute Gasteiger partial charge is 0.222 e. The molecule has 0 aromatic carbocycles. The van der Waals surface area contributed by atoms with Crippen LogP contribution in [0.1, 0.15) is 18.1 Å². The normalized spacial score (nSPS) is 13.8. The maximum atomic E-state index is 10.7. The summed E-state index contributed by atoms with van der Waals surface area (Å²) in [6, 6.07) is 3.01. The quantitative estimate of drug-likeness (QED) is 0.624. The molecule has 0 saturated heterocycles. The molecule has 0 fully saturated rings. The van der Waals surface area contributed by atoms with Crippen molar-refractivity contribution in [1.82, 2.24) is 4.98 Å². The number of aliphatic hydroxyl groups excluding tert-OH is 2. The van der Waals surface area contributed by atoms with E-state index in [1.54, 1.807) is 0 Å². The fourth-order valence-corrected chi connectivity index (χ4v) is 1.46. The molecule has 2 atom stereocenters. The number of carbonyl (C=O) groups is 1. The minimum absolute atomic E-state index is 0.116. The van der Waals surface area contributed by atoms with Crippen molar-refractivity contribution >= 4 is 5.91 Å². The molecule has 1 rings (SSSR count). The zero-order valence-corrected chi connectivity index (χ0v) is 10.2. The van der Waals surface area contributed by atoms with E-state index in [-0.39, 0.29) is 17.9 Å². The fraction of sp³-hybridized carbons (Fsp3) is 0.455. The van der Waals surface area contributed by atoms with E-state index in [1.165, 1.54) is 26.4 Å². The van der Waals surface area contributed by atoms with Crippen molar-refractivity contribution in [3.8, 4) is 11.8 Å². The van der Waals surface area contributed by atoms with Crippen molar-refractivity contribution in [2.75, 3.05) is 14.2 Å². The van der Waals surface area contributed by atoms with Crippen molar-refractivity contribution < 1.29 is 24.5 Å². The van der Waals surface area contributed by atoms with Crippen LogP contribution in [0, 0.1) is 0 Å². The molecule has 1 aromatic heterocycles. The summed E-state index contributed by atoms with van der Waals surface area (Å²) in [5.41, 5.74) is 5.21. The summed E-state index contributed by atoms with van der Waals surface area (Å²) in [5, 5.41) is 19.5. The largest absolute Gasteiger partial charge is 0.481 e. The van der Waals surface area contributed by atoms with Gasteiger partial charge in [0.05, 0.1) is 26.7 Å². The molecule has 0 bridgehead atoms. The molecule has 7 nitrogen and oxygen atoms in total. The third-order valence-electron chi connectivity index (χ3n) is 2.36. The molecule has 7 heteroatoms. The van der Waals surface area contributed by atoms with Crippen LogP contribution < -0.4 is 15.2 Å². The highest BCUT2D eigenvalue weighted by Gasteiger charge is 2.24. The summed E-state index contributed by atoms with van der Waals surface area (Å²) in [5.74, 6) is -0.278. The molecule has 0 aliphatic heterocycles. The van der Waals surface area contributed by atoms with Crippen LogP contribution in [0.15, 0.2) is 12.1 Å². The Morgan fingerprint density at radius 3 is 2.56 bits per heavy atom. The van der Waals surface area contributed by atoms with Gasteiger partial charge in [-0.05, 0) is 6.07 Å². The van der Waals surface area contributed by atoms with Gasteiger partial charge in [0.1, 0.15) is 6.10 Å². The number of hydrogen-bond donors (Lipinski definition) is 3. The average molecular weight is 256 g/mol. The van der Waals surface area contributed by atoms with Crippen molar-refractivity contribution in [3.63, 3.8) is 0 Å². The number of nitrogens with zero attached hydrogens (tertiary/aromatic N) is 1.